The summed E-state index contributed by atoms with van der Waals surface area (Å²) < 4.78 is 0. The SMILES string of the molecule is O=C(N/N=C\c1ccccc1)c1ccc(NC(=O)c2ccccc2Cl)cc1. The lowest BCUT2D eigenvalue weighted by molar-refractivity contribution is 0.0954. The highest BCUT2D eigenvalue weighted by atomic mass is 35.5. The fourth-order valence-corrected chi connectivity index (χ4v) is 2.54. The van der Waals surface area contributed by atoms with Crippen LogP contribution in [0.3, 0.4) is 0 Å². The second-order valence-electron chi connectivity index (χ2n) is 5.62. The highest BCUT2D eigenvalue weighted by Crippen LogP contribution is 2.17. The number of anilines is 1. The summed E-state index contributed by atoms with van der Waals surface area (Å²) >= 11 is 6.02. The summed E-state index contributed by atoms with van der Waals surface area (Å²) in [5.41, 5.74) is 4.72. The number of hydrogen-bond acceptors (Lipinski definition) is 3. The molecule has 0 radical (unpaired) electrons. The van der Waals surface area contributed by atoms with Crippen LogP contribution in [0.2, 0.25) is 5.02 Å². The van der Waals surface area contributed by atoms with Crippen LogP contribution in [0.1, 0.15) is 26.3 Å². The van der Waals surface area contributed by atoms with Crippen LogP contribution in [0.5, 0.6) is 0 Å². The number of rotatable bonds is 5. The maximum atomic E-state index is 12.2. The zero-order valence-corrected chi connectivity index (χ0v) is 15.0. The molecule has 134 valence electrons. The third kappa shape index (κ3) is 5.03. The molecule has 2 N–H and O–H groups in total. The van der Waals surface area contributed by atoms with Crippen LogP contribution < -0.4 is 10.7 Å². The molecule has 0 aromatic heterocycles. The van der Waals surface area contributed by atoms with Crippen LogP contribution in [0, 0.1) is 0 Å². The van der Waals surface area contributed by atoms with Gasteiger partial charge in [-0.25, -0.2) is 5.43 Å². The van der Waals surface area contributed by atoms with Gasteiger partial charge >= 0.3 is 0 Å². The fraction of sp³-hybridized carbons (Fsp3) is 0. The average molecular weight is 378 g/mol. The number of hydrazone groups is 1. The Morgan fingerprint density at radius 3 is 2.19 bits per heavy atom. The number of nitrogens with one attached hydrogen (secondary N) is 2. The molecule has 3 rings (SSSR count). The highest BCUT2D eigenvalue weighted by Gasteiger charge is 2.10. The van der Waals surface area contributed by atoms with E-state index in [1.54, 1.807) is 54.7 Å². The maximum Gasteiger partial charge on any atom is 0.271 e. The normalized spacial score (nSPS) is 10.6. The highest BCUT2D eigenvalue weighted by molar-refractivity contribution is 6.34. The molecule has 0 unspecified atom stereocenters. The Kier molecular flexibility index (Phi) is 5.97. The lowest BCUT2D eigenvalue weighted by Gasteiger charge is -2.07. The number of carbonyl (C=O) groups excluding carboxylic acids is 2. The van der Waals surface area contributed by atoms with Gasteiger partial charge in [-0.2, -0.15) is 5.10 Å². The Labute approximate surface area is 161 Å². The lowest BCUT2D eigenvalue weighted by atomic mass is 10.1. The molecular formula is C21H16ClN3O2. The van der Waals surface area contributed by atoms with E-state index in [0.29, 0.717) is 21.8 Å². The van der Waals surface area contributed by atoms with Crippen molar-refractivity contribution in [3.63, 3.8) is 0 Å². The van der Waals surface area contributed by atoms with E-state index in [9.17, 15) is 9.59 Å². The molecule has 3 aromatic carbocycles. The summed E-state index contributed by atoms with van der Waals surface area (Å²) in [5, 5.41) is 7.05. The molecule has 0 saturated heterocycles. The van der Waals surface area contributed by atoms with Crippen molar-refractivity contribution in [3.05, 3.63) is 101 Å². The molecule has 2 amide bonds. The largest absolute Gasteiger partial charge is 0.322 e. The third-order valence-corrected chi connectivity index (χ3v) is 4.03. The van der Waals surface area contributed by atoms with Crippen molar-refractivity contribution >= 4 is 35.3 Å². The first-order valence-corrected chi connectivity index (χ1v) is 8.56. The van der Waals surface area contributed by atoms with Crippen molar-refractivity contribution in [1.29, 1.82) is 0 Å². The van der Waals surface area contributed by atoms with Crippen LogP contribution >= 0.6 is 11.6 Å². The first-order chi connectivity index (χ1) is 13.1. The van der Waals surface area contributed by atoms with E-state index in [-0.39, 0.29) is 11.8 Å². The van der Waals surface area contributed by atoms with Gasteiger partial charge in [-0.3, -0.25) is 9.59 Å². The fourth-order valence-electron chi connectivity index (χ4n) is 2.32. The van der Waals surface area contributed by atoms with Gasteiger partial charge in [0.1, 0.15) is 0 Å². The second kappa shape index (κ2) is 8.78. The van der Waals surface area contributed by atoms with Gasteiger partial charge in [0.15, 0.2) is 0 Å². The molecule has 5 nitrogen and oxygen atoms in total. The summed E-state index contributed by atoms with van der Waals surface area (Å²) in [6.07, 6.45) is 1.57. The topological polar surface area (TPSA) is 70.6 Å². The Bertz CT molecular complexity index is 970. The Morgan fingerprint density at radius 1 is 0.815 bits per heavy atom. The number of benzene rings is 3. The molecule has 0 aliphatic rings. The van der Waals surface area contributed by atoms with E-state index >= 15 is 0 Å². The Balaban J connectivity index is 1.59. The standard InChI is InChI=1S/C21H16ClN3O2/c22-19-9-5-4-8-18(19)21(27)24-17-12-10-16(11-13-17)20(26)25-23-14-15-6-2-1-3-7-15/h1-14H,(H,24,27)(H,25,26)/b23-14-. The van der Waals surface area contributed by atoms with E-state index < -0.39 is 0 Å². The zero-order chi connectivity index (χ0) is 19.1. The van der Waals surface area contributed by atoms with Crippen molar-refractivity contribution in [2.75, 3.05) is 5.32 Å². The molecule has 3 aromatic rings. The quantitative estimate of drug-likeness (QED) is 0.512. The predicted octanol–water partition coefficient (Wildman–Crippen LogP) is 4.36. The van der Waals surface area contributed by atoms with Crippen molar-refractivity contribution < 1.29 is 9.59 Å². The number of halogens is 1. The summed E-state index contributed by atoms with van der Waals surface area (Å²) in [6, 6.07) is 22.7. The Morgan fingerprint density at radius 2 is 1.48 bits per heavy atom. The maximum absolute atomic E-state index is 12.2. The van der Waals surface area contributed by atoms with Crippen LogP contribution in [-0.2, 0) is 0 Å². The molecular weight excluding hydrogens is 362 g/mol. The van der Waals surface area contributed by atoms with Crippen molar-refractivity contribution in [3.8, 4) is 0 Å². The molecule has 0 fully saturated rings. The summed E-state index contributed by atoms with van der Waals surface area (Å²) in [6.45, 7) is 0. The average Bonchev–Trinajstić information content (AvgIpc) is 2.69. The first-order valence-electron chi connectivity index (χ1n) is 8.18. The minimum absolute atomic E-state index is 0.315. The monoisotopic (exact) mass is 377 g/mol. The van der Waals surface area contributed by atoms with Gasteiger partial charge in [0.25, 0.3) is 11.8 Å². The number of carbonyl (C=O) groups is 2. The van der Waals surface area contributed by atoms with Crippen molar-refractivity contribution in [2.45, 2.75) is 0 Å². The second-order valence-corrected chi connectivity index (χ2v) is 6.03. The molecule has 0 bridgehead atoms. The lowest BCUT2D eigenvalue weighted by Crippen LogP contribution is -2.18. The molecule has 27 heavy (non-hydrogen) atoms. The third-order valence-electron chi connectivity index (χ3n) is 3.70. The summed E-state index contributed by atoms with van der Waals surface area (Å²) in [4.78, 5) is 24.3. The van der Waals surface area contributed by atoms with E-state index in [1.165, 1.54) is 0 Å². The number of nitrogens with zero attached hydrogens (tertiary/aromatic N) is 1. The molecule has 0 aliphatic heterocycles. The van der Waals surface area contributed by atoms with Crippen LogP contribution in [-0.4, -0.2) is 18.0 Å². The van der Waals surface area contributed by atoms with Gasteiger partial charge in [0.05, 0.1) is 16.8 Å². The van der Waals surface area contributed by atoms with Gasteiger partial charge in [-0.1, -0.05) is 54.1 Å². The van der Waals surface area contributed by atoms with Crippen LogP contribution in [0.25, 0.3) is 0 Å². The predicted molar refractivity (Wildman–Crippen MR) is 107 cm³/mol. The van der Waals surface area contributed by atoms with E-state index in [4.69, 9.17) is 11.6 Å². The van der Waals surface area contributed by atoms with E-state index in [2.05, 4.69) is 15.8 Å². The molecule has 0 saturated carbocycles. The Hall–Kier alpha value is -3.44. The van der Waals surface area contributed by atoms with Gasteiger partial charge in [0, 0.05) is 11.3 Å². The van der Waals surface area contributed by atoms with Crippen LogP contribution in [0.4, 0.5) is 5.69 Å². The van der Waals surface area contributed by atoms with Crippen molar-refractivity contribution in [2.24, 2.45) is 5.10 Å². The van der Waals surface area contributed by atoms with Gasteiger partial charge < -0.3 is 5.32 Å². The van der Waals surface area contributed by atoms with E-state index in [1.807, 2.05) is 30.3 Å². The summed E-state index contributed by atoms with van der Waals surface area (Å²) in [7, 11) is 0. The molecule has 0 aliphatic carbocycles. The minimum Gasteiger partial charge on any atom is -0.322 e. The molecule has 0 spiro atoms. The zero-order valence-electron chi connectivity index (χ0n) is 14.2. The van der Waals surface area contributed by atoms with Gasteiger partial charge in [-0.15, -0.1) is 0 Å². The number of amides is 2. The smallest absolute Gasteiger partial charge is 0.271 e. The minimum atomic E-state index is -0.342. The number of hydrogen-bond donors (Lipinski definition) is 2. The van der Waals surface area contributed by atoms with E-state index in [0.717, 1.165) is 5.56 Å². The molecule has 0 atom stereocenters. The summed E-state index contributed by atoms with van der Waals surface area (Å²) in [5.74, 6) is -0.656. The molecule has 6 heteroatoms. The van der Waals surface area contributed by atoms with Gasteiger partial charge in [-0.05, 0) is 42.0 Å². The van der Waals surface area contributed by atoms with Crippen LogP contribution in [0.15, 0.2) is 84.0 Å². The molecule has 0 heterocycles. The van der Waals surface area contributed by atoms with Gasteiger partial charge in [0.2, 0.25) is 0 Å². The van der Waals surface area contributed by atoms with Crippen molar-refractivity contribution in [1.82, 2.24) is 5.43 Å². The first kappa shape index (κ1) is 18.4.